The van der Waals surface area contributed by atoms with Crippen molar-refractivity contribution >= 4 is 17.8 Å². The Kier molecular flexibility index (Phi) is 3.59. The van der Waals surface area contributed by atoms with Gasteiger partial charge in [-0.2, -0.15) is 0 Å². The molecule has 2 atom stereocenters. The van der Waals surface area contributed by atoms with E-state index in [4.69, 9.17) is 0 Å². The highest BCUT2D eigenvalue weighted by atomic mass is 32.2. The minimum Gasteiger partial charge on any atom is -0.118 e. The molecule has 0 saturated carbocycles. The quantitative estimate of drug-likeness (QED) is 0.544. The lowest BCUT2D eigenvalue weighted by atomic mass is 9.83. The molecule has 1 aromatic rings. The zero-order chi connectivity index (χ0) is 18.0. The van der Waals surface area contributed by atoms with E-state index in [1.807, 2.05) is 11.8 Å². The third-order valence-corrected chi connectivity index (χ3v) is 7.70. The number of benzene rings is 1. The van der Waals surface area contributed by atoms with E-state index >= 15 is 0 Å². The van der Waals surface area contributed by atoms with Crippen LogP contribution in [0.15, 0.2) is 86.4 Å². The molecular formula is C25H24S. The molecule has 0 N–H and O–H groups in total. The van der Waals surface area contributed by atoms with E-state index in [1.54, 1.807) is 5.57 Å². The molecule has 0 amide bonds. The second kappa shape index (κ2) is 5.76. The summed E-state index contributed by atoms with van der Waals surface area (Å²) >= 11 is 2.02. The average molecular weight is 357 g/mol. The van der Waals surface area contributed by atoms with E-state index in [2.05, 4.69) is 76.3 Å². The molecule has 1 aromatic carbocycles. The van der Waals surface area contributed by atoms with Crippen LogP contribution < -0.4 is 0 Å². The predicted molar refractivity (Wildman–Crippen MR) is 114 cm³/mol. The Morgan fingerprint density at radius 2 is 1.77 bits per heavy atom. The zero-order valence-corrected chi connectivity index (χ0v) is 16.7. The first-order chi connectivity index (χ1) is 12.5. The highest BCUT2D eigenvalue weighted by molar-refractivity contribution is 8.04. The summed E-state index contributed by atoms with van der Waals surface area (Å²) in [7, 11) is 0. The molecule has 0 nitrogen and oxygen atoms in total. The molecule has 2 unspecified atom stereocenters. The van der Waals surface area contributed by atoms with E-state index < -0.39 is 0 Å². The molecule has 0 aromatic heterocycles. The van der Waals surface area contributed by atoms with Crippen LogP contribution in [0.4, 0.5) is 0 Å². The summed E-state index contributed by atoms with van der Waals surface area (Å²) in [6.45, 7) is 9.11. The lowest BCUT2D eigenvalue weighted by Gasteiger charge is -2.22. The van der Waals surface area contributed by atoms with Crippen molar-refractivity contribution in [1.29, 1.82) is 0 Å². The molecule has 1 heteroatoms. The van der Waals surface area contributed by atoms with Crippen LogP contribution in [-0.2, 0) is 0 Å². The number of rotatable bonds is 2. The molecule has 26 heavy (non-hydrogen) atoms. The molecule has 1 heterocycles. The highest BCUT2D eigenvalue weighted by Crippen LogP contribution is 2.51. The van der Waals surface area contributed by atoms with Gasteiger partial charge in [-0.1, -0.05) is 48.1 Å². The Morgan fingerprint density at radius 1 is 0.962 bits per heavy atom. The number of hydrogen-bond donors (Lipinski definition) is 0. The van der Waals surface area contributed by atoms with Crippen molar-refractivity contribution in [1.82, 2.24) is 0 Å². The summed E-state index contributed by atoms with van der Waals surface area (Å²) in [6, 6.07) is 8.89. The third-order valence-electron chi connectivity index (χ3n) is 6.40. The number of hydrogen-bond acceptors (Lipinski definition) is 1. The van der Waals surface area contributed by atoms with Crippen molar-refractivity contribution < 1.29 is 0 Å². The molecule has 3 aliphatic carbocycles. The van der Waals surface area contributed by atoms with Crippen LogP contribution in [0.1, 0.15) is 51.2 Å². The maximum absolute atomic E-state index is 2.53. The standard InChI is InChI=1S/C25H24S/c1-14-9-18-7-5-6-8-20(18)21(14)12-22-15(2)10-19-11-23-16(3)17(4)26-25(23)13-24(19)22/h5-11,13,21,25H,12H2,1-4H3. The Hall–Kier alpha value is -1.99. The summed E-state index contributed by atoms with van der Waals surface area (Å²) in [5, 5.41) is 0.510. The van der Waals surface area contributed by atoms with Crippen molar-refractivity contribution in [3.05, 3.63) is 97.5 Å². The molecule has 0 spiro atoms. The van der Waals surface area contributed by atoms with Gasteiger partial charge in [0.05, 0.1) is 5.25 Å². The van der Waals surface area contributed by atoms with Gasteiger partial charge in [-0.25, -0.2) is 0 Å². The fourth-order valence-electron chi connectivity index (χ4n) is 4.79. The van der Waals surface area contributed by atoms with Gasteiger partial charge in [0.2, 0.25) is 0 Å². The smallest absolute Gasteiger partial charge is 0.0533 e. The van der Waals surface area contributed by atoms with Crippen LogP contribution in [0, 0.1) is 0 Å². The van der Waals surface area contributed by atoms with E-state index in [1.165, 1.54) is 49.5 Å². The van der Waals surface area contributed by atoms with Crippen LogP contribution in [-0.4, -0.2) is 5.25 Å². The first kappa shape index (κ1) is 16.2. The highest BCUT2D eigenvalue weighted by Gasteiger charge is 2.33. The minimum atomic E-state index is 0.510. The molecule has 0 saturated heterocycles. The van der Waals surface area contributed by atoms with Crippen LogP contribution in [0.3, 0.4) is 0 Å². The second-order valence-corrected chi connectivity index (χ2v) is 9.29. The Balaban J connectivity index is 1.48. The predicted octanol–water partition coefficient (Wildman–Crippen LogP) is 7.11. The van der Waals surface area contributed by atoms with Crippen molar-refractivity contribution in [3.63, 3.8) is 0 Å². The summed E-state index contributed by atoms with van der Waals surface area (Å²) in [5.74, 6) is 0.521. The van der Waals surface area contributed by atoms with Gasteiger partial charge in [-0.15, -0.1) is 11.8 Å². The molecular weight excluding hydrogens is 332 g/mol. The lowest BCUT2D eigenvalue weighted by Crippen LogP contribution is -2.09. The normalized spacial score (nSPS) is 26.3. The number of fused-ring (bicyclic) bond motifs is 3. The maximum atomic E-state index is 2.53. The largest absolute Gasteiger partial charge is 0.118 e. The van der Waals surface area contributed by atoms with Crippen molar-refractivity contribution in [2.75, 3.05) is 0 Å². The molecule has 0 radical (unpaired) electrons. The molecule has 0 bridgehead atoms. The van der Waals surface area contributed by atoms with Gasteiger partial charge in [-0.3, -0.25) is 0 Å². The van der Waals surface area contributed by atoms with Crippen molar-refractivity contribution in [3.8, 4) is 0 Å². The minimum absolute atomic E-state index is 0.510. The third kappa shape index (κ3) is 2.30. The lowest BCUT2D eigenvalue weighted by molar-refractivity contribution is 0.798. The van der Waals surface area contributed by atoms with Crippen molar-refractivity contribution in [2.24, 2.45) is 0 Å². The first-order valence-electron chi connectivity index (χ1n) is 9.50. The second-order valence-electron chi connectivity index (χ2n) is 7.93. The molecule has 4 aliphatic rings. The molecule has 0 fully saturated rings. The van der Waals surface area contributed by atoms with Gasteiger partial charge in [-0.05, 0) is 89.7 Å². The molecule has 130 valence electrons. The Morgan fingerprint density at radius 3 is 2.62 bits per heavy atom. The van der Waals surface area contributed by atoms with Crippen LogP contribution >= 0.6 is 11.8 Å². The van der Waals surface area contributed by atoms with E-state index in [-0.39, 0.29) is 0 Å². The number of thioether (sulfide) groups is 1. The van der Waals surface area contributed by atoms with Gasteiger partial charge in [0.25, 0.3) is 0 Å². The van der Waals surface area contributed by atoms with Crippen LogP contribution in [0.25, 0.3) is 6.08 Å². The monoisotopic (exact) mass is 356 g/mol. The van der Waals surface area contributed by atoms with Crippen molar-refractivity contribution in [2.45, 2.75) is 45.3 Å². The summed E-state index contributed by atoms with van der Waals surface area (Å²) < 4.78 is 0. The Bertz CT molecular complexity index is 1020. The van der Waals surface area contributed by atoms with Gasteiger partial charge in [0.1, 0.15) is 0 Å². The van der Waals surface area contributed by atoms with Crippen LogP contribution in [0.5, 0.6) is 0 Å². The van der Waals surface area contributed by atoms with E-state index in [0.29, 0.717) is 11.2 Å². The van der Waals surface area contributed by atoms with Gasteiger partial charge < -0.3 is 0 Å². The van der Waals surface area contributed by atoms with Gasteiger partial charge in [0, 0.05) is 5.92 Å². The summed E-state index contributed by atoms with van der Waals surface area (Å²) in [4.78, 5) is 1.48. The fraction of sp³-hybridized carbons (Fsp3) is 0.280. The van der Waals surface area contributed by atoms with E-state index in [0.717, 1.165) is 6.42 Å². The number of allylic oxidation sites excluding steroid dienone is 9. The topological polar surface area (TPSA) is 0 Å². The molecule has 1 aliphatic heterocycles. The Labute approximate surface area is 160 Å². The van der Waals surface area contributed by atoms with Crippen LogP contribution in [0.2, 0.25) is 0 Å². The summed E-state index contributed by atoms with van der Waals surface area (Å²) in [6.07, 6.45) is 10.9. The zero-order valence-electron chi connectivity index (χ0n) is 15.9. The van der Waals surface area contributed by atoms with Gasteiger partial charge in [0.15, 0.2) is 0 Å². The average Bonchev–Trinajstić information content (AvgIpc) is 3.20. The fourth-order valence-corrected chi connectivity index (χ4v) is 6.04. The first-order valence-corrected chi connectivity index (χ1v) is 10.4. The maximum Gasteiger partial charge on any atom is 0.0533 e. The molecule has 5 rings (SSSR count). The van der Waals surface area contributed by atoms with Gasteiger partial charge >= 0.3 is 0 Å². The SMILES string of the molecule is CC1=Cc2ccccc2C1CC1=C(C)C=C2C=C3C(C)=C(C)SC3C=C21. The van der Waals surface area contributed by atoms with E-state index in [9.17, 15) is 0 Å². The summed E-state index contributed by atoms with van der Waals surface area (Å²) in [5.41, 5.74) is 13.3.